The standard InChI is InChI=1S/C12H10ClNO6S/c1-2-5-14-11(15)7-20-10-4-3-8(21(13,18)19)6-9(10)12(16)17/h1,3-4,6H,5,7H2,(H,14,15)(H,16,17). The highest BCUT2D eigenvalue weighted by atomic mass is 35.7. The molecule has 1 aromatic carbocycles. The van der Waals surface area contributed by atoms with E-state index in [-0.39, 0.29) is 17.2 Å². The van der Waals surface area contributed by atoms with Crippen molar-refractivity contribution in [2.24, 2.45) is 0 Å². The Kier molecular flexibility index (Phi) is 5.58. The summed E-state index contributed by atoms with van der Waals surface area (Å²) in [4.78, 5) is 22.0. The molecule has 0 aliphatic rings. The van der Waals surface area contributed by atoms with Crippen LogP contribution in [0.1, 0.15) is 10.4 Å². The number of carbonyl (C=O) groups excluding carboxylic acids is 1. The fourth-order valence-electron chi connectivity index (χ4n) is 1.30. The first kappa shape index (κ1) is 16.8. The molecule has 112 valence electrons. The molecule has 0 spiro atoms. The molecule has 0 aliphatic carbocycles. The molecule has 0 fully saturated rings. The zero-order valence-corrected chi connectivity index (χ0v) is 12.1. The van der Waals surface area contributed by atoms with Crippen LogP contribution in [-0.4, -0.2) is 38.6 Å². The molecule has 7 nitrogen and oxygen atoms in total. The molecule has 1 rings (SSSR count). The van der Waals surface area contributed by atoms with Crippen molar-refractivity contribution >= 4 is 31.6 Å². The Morgan fingerprint density at radius 1 is 1.43 bits per heavy atom. The SMILES string of the molecule is C#CCNC(=O)COc1ccc(S(=O)(=O)Cl)cc1C(=O)O. The number of aromatic carboxylic acids is 1. The predicted octanol–water partition coefficient (Wildman–Crippen LogP) is 0.441. The van der Waals surface area contributed by atoms with Crippen LogP contribution in [0.2, 0.25) is 0 Å². The Labute approximate surface area is 125 Å². The van der Waals surface area contributed by atoms with Gasteiger partial charge in [-0.05, 0) is 18.2 Å². The van der Waals surface area contributed by atoms with Gasteiger partial charge in [0.1, 0.15) is 11.3 Å². The fraction of sp³-hybridized carbons (Fsp3) is 0.167. The fourth-order valence-corrected chi connectivity index (χ4v) is 2.07. The predicted molar refractivity (Wildman–Crippen MR) is 73.8 cm³/mol. The quantitative estimate of drug-likeness (QED) is 0.578. The Bertz CT molecular complexity index is 707. The summed E-state index contributed by atoms with van der Waals surface area (Å²) in [6.07, 6.45) is 4.95. The van der Waals surface area contributed by atoms with E-state index in [0.717, 1.165) is 18.2 Å². The zero-order valence-electron chi connectivity index (χ0n) is 10.5. The summed E-state index contributed by atoms with van der Waals surface area (Å²) < 4.78 is 27.3. The number of rotatable bonds is 6. The molecule has 0 aliphatic heterocycles. The highest BCUT2D eigenvalue weighted by molar-refractivity contribution is 8.13. The summed E-state index contributed by atoms with van der Waals surface area (Å²) in [5.41, 5.74) is -0.429. The average Bonchev–Trinajstić information content (AvgIpc) is 2.41. The minimum absolute atomic E-state index is 0.0113. The van der Waals surface area contributed by atoms with Crippen LogP contribution in [0.25, 0.3) is 0 Å². The van der Waals surface area contributed by atoms with E-state index in [1.54, 1.807) is 0 Å². The smallest absolute Gasteiger partial charge is 0.339 e. The normalized spacial score (nSPS) is 10.5. The van der Waals surface area contributed by atoms with E-state index in [9.17, 15) is 18.0 Å². The van der Waals surface area contributed by atoms with E-state index in [1.807, 2.05) is 0 Å². The van der Waals surface area contributed by atoms with Crippen molar-refractivity contribution < 1.29 is 27.9 Å². The molecule has 0 aromatic heterocycles. The lowest BCUT2D eigenvalue weighted by atomic mass is 10.2. The van der Waals surface area contributed by atoms with Crippen LogP contribution in [0.3, 0.4) is 0 Å². The van der Waals surface area contributed by atoms with Crippen LogP contribution in [-0.2, 0) is 13.8 Å². The average molecular weight is 332 g/mol. The van der Waals surface area contributed by atoms with Gasteiger partial charge in [-0.25, -0.2) is 13.2 Å². The topological polar surface area (TPSA) is 110 Å². The third kappa shape index (κ3) is 4.98. The van der Waals surface area contributed by atoms with Crippen LogP contribution in [0, 0.1) is 12.3 Å². The Hall–Kier alpha value is -2.24. The number of carboxylic acids is 1. The minimum Gasteiger partial charge on any atom is -0.483 e. The second-order valence-corrected chi connectivity index (χ2v) is 6.24. The lowest BCUT2D eigenvalue weighted by Crippen LogP contribution is -2.29. The van der Waals surface area contributed by atoms with Crippen LogP contribution >= 0.6 is 10.7 Å². The van der Waals surface area contributed by atoms with Crippen molar-refractivity contribution in [3.05, 3.63) is 23.8 Å². The number of halogens is 1. The van der Waals surface area contributed by atoms with Gasteiger partial charge >= 0.3 is 5.97 Å². The van der Waals surface area contributed by atoms with E-state index in [1.165, 1.54) is 0 Å². The van der Waals surface area contributed by atoms with Gasteiger partial charge in [0.15, 0.2) is 6.61 Å². The number of benzene rings is 1. The molecule has 1 aromatic rings. The molecule has 21 heavy (non-hydrogen) atoms. The van der Waals surface area contributed by atoms with Crippen LogP contribution in [0.15, 0.2) is 23.1 Å². The molecule has 0 radical (unpaired) electrons. The Morgan fingerprint density at radius 2 is 2.10 bits per heavy atom. The second-order valence-electron chi connectivity index (χ2n) is 3.67. The first-order valence-corrected chi connectivity index (χ1v) is 7.71. The summed E-state index contributed by atoms with van der Waals surface area (Å²) >= 11 is 0. The summed E-state index contributed by atoms with van der Waals surface area (Å²) in [7, 11) is 1.06. The highest BCUT2D eigenvalue weighted by Crippen LogP contribution is 2.24. The summed E-state index contributed by atoms with van der Waals surface area (Å²) in [6.45, 7) is -0.452. The number of terminal acetylenes is 1. The molecule has 0 bridgehead atoms. The Balaban J connectivity index is 2.96. The summed E-state index contributed by atoms with van der Waals surface area (Å²) in [5, 5.41) is 11.3. The molecular weight excluding hydrogens is 322 g/mol. The number of nitrogens with one attached hydrogen (secondary N) is 1. The van der Waals surface area contributed by atoms with Crippen LogP contribution in [0.5, 0.6) is 5.75 Å². The van der Waals surface area contributed by atoms with Gasteiger partial charge in [-0.2, -0.15) is 0 Å². The van der Waals surface area contributed by atoms with Gasteiger partial charge in [-0.1, -0.05) is 5.92 Å². The van der Waals surface area contributed by atoms with Gasteiger partial charge in [-0.3, -0.25) is 4.79 Å². The van der Waals surface area contributed by atoms with Crippen molar-refractivity contribution in [2.75, 3.05) is 13.2 Å². The van der Waals surface area contributed by atoms with Gasteiger partial charge in [-0.15, -0.1) is 6.42 Å². The maximum absolute atomic E-state index is 11.3. The third-order valence-electron chi connectivity index (χ3n) is 2.21. The molecule has 0 unspecified atom stereocenters. The zero-order chi connectivity index (χ0) is 16.0. The largest absolute Gasteiger partial charge is 0.483 e. The van der Waals surface area contributed by atoms with Crippen molar-refractivity contribution in [3.8, 4) is 18.1 Å². The van der Waals surface area contributed by atoms with Crippen molar-refractivity contribution in [1.82, 2.24) is 5.32 Å². The second kappa shape index (κ2) is 6.97. The van der Waals surface area contributed by atoms with E-state index in [0.29, 0.717) is 0 Å². The van der Waals surface area contributed by atoms with E-state index in [4.69, 9.17) is 26.9 Å². The molecule has 2 N–H and O–H groups in total. The first-order valence-electron chi connectivity index (χ1n) is 5.40. The molecule has 1 amide bonds. The van der Waals surface area contributed by atoms with Crippen LogP contribution < -0.4 is 10.1 Å². The molecule has 0 saturated heterocycles. The first-order chi connectivity index (χ1) is 9.75. The van der Waals surface area contributed by atoms with E-state index in [2.05, 4.69) is 11.2 Å². The van der Waals surface area contributed by atoms with E-state index < -0.39 is 33.1 Å². The Morgan fingerprint density at radius 3 is 2.62 bits per heavy atom. The van der Waals surface area contributed by atoms with Gasteiger partial charge in [0.2, 0.25) is 0 Å². The number of amides is 1. The lowest BCUT2D eigenvalue weighted by Gasteiger charge is -2.09. The van der Waals surface area contributed by atoms with Crippen molar-refractivity contribution in [3.63, 3.8) is 0 Å². The lowest BCUT2D eigenvalue weighted by molar-refractivity contribution is -0.122. The summed E-state index contributed by atoms with van der Waals surface area (Å²) in [6, 6.07) is 3.02. The number of hydrogen-bond donors (Lipinski definition) is 2. The van der Waals surface area contributed by atoms with Gasteiger partial charge < -0.3 is 15.2 Å². The maximum atomic E-state index is 11.3. The maximum Gasteiger partial charge on any atom is 0.339 e. The molecule has 0 saturated carbocycles. The van der Waals surface area contributed by atoms with Gasteiger partial charge in [0, 0.05) is 10.7 Å². The highest BCUT2D eigenvalue weighted by Gasteiger charge is 2.18. The number of carbonyl (C=O) groups is 2. The minimum atomic E-state index is -4.07. The van der Waals surface area contributed by atoms with Crippen molar-refractivity contribution in [2.45, 2.75) is 4.90 Å². The summed E-state index contributed by atoms with van der Waals surface area (Å²) in [5.74, 6) is 0.0597. The third-order valence-corrected chi connectivity index (χ3v) is 3.56. The van der Waals surface area contributed by atoms with E-state index >= 15 is 0 Å². The molecule has 0 heterocycles. The number of hydrogen-bond acceptors (Lipinski definition) is 5. The van der Waals surface area contributed by atoms with Crippen LogP contribution in [0.4, 0.5) is 0 Å². The number of ether oxygens (including phenoxy) is 1. The molecular formula is C12H10ClNO6S. The van der Waals surface area contributed by atoms with Gasteiger partial charge in [0.05, 0.1) is 11.4 Å². The number of carboxylic acid groups (broad SMARTS) is 1. The monoisotopic (exact) mass is 331 g/mol. The van der Waals surface area contributed by atoms with Gasteiger partial charge in [0.25, 0.3) is 15.0 Å². The molecule has 0 atom stereocenters. The van der Waals surface area contributed by atoms with Crippen molar-refractivity contribution in [1.29, 1.82) is 0 Å². The molecule has 9 heteroatoms.